The molecule has 0 radical (unpaired) electrons. The Labute approximate surface area is 174 Å². The number of aromatic nitrogens is 3. The van der Waals surface area contributed by atoms with Gasteiger partial charge in [0.2, 0.25) is 11.9 Å². The van der Waals surface area contributed by atoms with E-state index in [9.17, 15) is 4.79 Å². The van der Waals surface area contributed by atoms with Gasteiger partial charge in [-0.25, -0.2) is 0 Å². The molecule has 0 fully saturated rings. The summed E-state index contributed by atoms with van der Waals surface area (Å²) in [5.74, 6) is 3.14. The number of hydrogen-bond donors (Lipinski definition) is 2. The van der Waals surface area contributed by atoms with Crippen LogP contribution in [-0.2, 0) is 11.5 Å². The third-order valence-corrected chi connectivity index (χ3v) is 5.24. The van der Waals surface area contributed by atoms with Gasteiger partial charge in [0.1, 0.15) is 11.6 Å². The number of hydrogen-bond acceptors (Lipinski definition) is 8. The lowest BCUT2D eigenvalue weighted by atomic mass is 10.1. The van der Waals surface area contributed by atoms with E-state index in [2.05, 4.69) is 20.3 Å². The van der Waals surface area contributed by atoms with Crippen LogP contribution >= 0.6 is 11.8 Å². The standard InChI is InChI=1S/C21H23N5O2S/c1-13-6-4-5-7-17(13)23-21-25-19(24-20(22)26-21)12-29-11-16-10-15(14(2)27)8-9-18(16)28-3/h4-10H,11-12H2,1-3H3,(H3,22,23,24,25,26). The van der Waals surface area contributed by atoms with Crippen LogP contribution in [0.2, 0.25) is 0 Å². The fraction of sp³-hybridized carbons (Fsp3) is 0.238. The Balaban J connectivity index is 1.70. The van der Waals surface area contributed by atoms with E-state index in [0.29, 0.717) is 28.8 Å². The van der Waals surface area contributed by atoms with Crippen molar-refractivity contribution in [1.82, 2.24) is 15.0 Å². The lowest BCUT2D eigenvalue weighted by Gasteiger charge is -2.11. The first-order chi connectivity index (χ1) is 14.0. The number of ketones is 1. The highest BCUT2D eigenvalue weighted by molar-refractivity contribution is 7.97. The topological polar surface area (TPSA) is 103 Å². The van der Waals surface area contributed by atoms with Crippen molar-refractivity contribution in [2.24, 2.45) is 0 Å². The summed E-state index contributed by atoms with van der Waals surface area (Å²) in [4.78, 5) is 24.5. The molecule has 0 aliphatic heterocycles. The molecule has 0 unspecified atom stereocenters. The van der Waals surface area contributed by atoms with Crippen LogP contribution in [0.3, 0.4) is 0 Å². The lowest BCUT2D eigenvalue weighted by molar-refractivity contribution is 0.101. The van der Waals surface area contributed by atoms with Crippen molar-refractivity contribution in [3.63, 3.8) is 0 Å². The van der Waals surface area contributed by atoms with Crippen molar-refractivity contribution in [2.45, 2.75) is 25.4 Å². The first-order valence-corrected chi connectivity index (χ1v) is 10.2. The summed E-state index contributed by atoms with van der Waals surface area (Å²) in [6, 6.07) is 13.3. The Morgan fingerprint density at radius 1 is 1.14 bits per heavy atom. The molecule has 0 aliphatic rings. The number of Topliss-reactive ketones (excluding diaryl/α,β-unsaturated/α-hetero) is 1. The molecule has 0 amide bonds. The molecule has 29 heavy (non-hydrogen) atoms. The molecule has 3 aromatic rings. The van der Waals surface area contributed by atoms with Gasteiger partial charge >= 0.3 is 0 Å². The summed E-state index contributed by atoms with van der Waals surface area (Å²) in [7, 11) is 1.62. The molecular weight excluding hydrogens is 386 g/mol. The van der Waals surface area contributed by atoms with E-state index in [1.165, 1.54) is 0 Å². The van der Waals surface area contributed by atoms with E-state index in [1.54, 1.807) is 31.9 Å². The van der Waals surface area contributed by atoms with Crippen LogP contribution in [0.4, 0.5) is 17.6 Å². The summed E-state index contributed by atoms with van der Waals surface area (Å²) in [5.41, 5.74) is 9.48. The Kier molecular flexibility index (Phi) is 6.66. The minimum Gasteiger partial charge on any atom is -0.496 e. The van der Waals surface area contributed by atoms with E-state index in [0.717, 1.165) is 22.6 Å². The Morgan fingerprint density at radius 3 is 2.66 bits per heavy atom. The number of methoxy groups -OCH3 is 1. The number of rotatable bonds is 8. The summed E-state index contributed by atoms with van der Waals surface area (Å²) < 4.78 is 5.40. The number of para-hydroxylation sites is 1. The number of nitrogens with two attached hydrogens (primary N) is 1. The molecule has 0 aliphatic carbocycles. The monoisotopic (exact) mass is 409 g/mol. The number of carbonyl (C=O) groups excluding carboxylic acids is 1. The van der Waals surface area contributed by atoms with Crippen LogP contribution in [0.25, 0.3) is 0 Å². The number of ether oxygens (including phenoxy) is 1. The zero-order valence-corrected chi connectivity index (χ0v) is 17.4. The van der Waals surface area contributed by atoms with Gasteiger partial charge < -0.3 is 15.8 Å². The second-order valence-electron chi connectivity index (χ2n) is 6.45. The van der Waals surface area contributed by atoms with Gasteiger partial charge in [-0.15, -0.1) is 11.8 Å². The van der Waals surface area contributed by atoms with Crippen molar-refractivity contribution >= 4 is 35.1 Å². The largest absolute Gasteiger partial charge is 0.496 e. The summed E-state index contributed by atoms with van der Waals surface area (Å²) >= 11 is 1.61. The SMILES string of the molecule is COc1ccc(C(C)=O)cc1CSCc1nc(N)nc(Nc2ccccc2C)n1. The third-order valence-electron chi connectivity index (χ3n) is 4.27. The molecule has 8 heteroatoms. The molecule has 2 aromatic carbocycles. The minimum absolute atomic E-state index is 0.0241. The van der Waals surface area contributed by atoms with Gasteiger partial charge in [0.05, 0.1) is 12.9 Å². The van der Waals surface area contributed by atoms with Crippen molar-refractivity contribution in [3.05, 3.63) is 65.0 Å². The molecular formula is C21H23N5O2S. The molecule has 0 spiro atoms. The zero-order valence-electron chi connectivity index (χ0n) is 16.6. The number of anilines is 3. The number of nitrogens with zero attached hydrogens (tertiary/aromatic N) is 3. The number of thioether (sulfide) groups is 1. The van der Waals surface area contributed by atoms with Gasteiger partial charge in [0.15, 0.2) is 5.78 Å². The fourth-order valence-corrected chi connectivity index (χ4v) is 3.61. The zero-order chi connectivity index (χ0) is 20.8. The van der Waals surface area contributed by atoms with Crippen LogP contribution in [0.5, 0.6) is 5.75 Å². The van der Waals surface area contributed by atoms with Gasteiger partial charge in [0, 0.05) is 22.6 Å². The number of nitrogen functional groups attached to an aromatic ring is 1. The van der Waals surface area contributed by atoms with E-state index < -0.39 is 0 Å². The number of carbonyl (C=O) groups is 1. The maximum Gasteiger partial charge on any atom is 0.232 e. The maximum atomic E-state index is 11.6. The first-order valence-electron chi connectivity index (χ1n) is 9.05. The maximum absolute atomic E-state index is 11.6. The van der Waals surface area contributed by atoms with Gasteiger partial charge in [0.25, 0.3) is 0 Å². The average molecular weight is 410 g/mol. The minimum atomic E-state index is 0.0241. The molecule has 0 saturated carbocycles. The van der Waals surface area contributed by atoms with Crippen LogP contribution in [0.1, 0.15) is 34.2 Å². The van der Waals surface area contributed by atoms with E-state index in [-0.39, 0.29) is 11.7 Å². The quantitative estimate of drug-likeness (QED) is 0.535. The van der Waals surface area contributed by atoms with Crippen molar-refractivity contribution in [2.75, 3.05) is 18.2 Å². The summed E-state index contributed by atoms with van der Waals surface area (Å²) in [5, 5.41) is 3.19. The highest BCUT2D eigenvalue weighted by atomic mass is 32.2. The molecule has 0 saturated heterocycles. The van der Waals surface area contributed by atoms with E-state index in [1.807, 2.05) is 43.3 Å². The van der Waals surface area contributed by atoms with Crippen LogP contribution in [0.15, 0.2) is 42.5 Å². The second-order valence-corrected chi connectivity index (χ2v) is 7.43. The van der Waals surface area contributed by atoms with Gasteiger partial charge in [-0.05, 0) is 43.7 Å². The highest BCUT2D eigenvalue weighted by Crippen LogP contribution is 2.26. The molecule has 3 N–H and O–H groups in total. The lowest BCUT2D eigenvalue weighted by Crippen LogP contribution is -2.07. The van der Waals surface area contributed by atoms with Crippen molar-refractivity contribution < 1.29 is 9.53 Å². The smallest absolute Gasteiger partial charge is 0.232 e. The molecule has 7 nitrogen and oxygen atoms in total. The number of nitrogens with one attached hydrogen (secondary N) is 1. The average Bonchev–Trinajstić information content (AvgIpc) is 2.69. The predicted molar refractivity (Wildman–Crippen MR) is 117 cm³/mol. The summed E-state index contributed by atoms with van der Waals surface area (Å²) in [6.07, 6.45) is 0. The fourth-order valence-electron chi connectivity index (χ4n) is 2.75. The van der Waals surface area contributed by atoms with Crippen LogP contribution in [0, 0.1) is 6.92 Å². The molecule has 3 rings (SSSR count). The van der Waals surface area contributed by atoms with Crippen molar-refractivity contribution in [1.29, 1.82) is 0 Å². The van der Waals surface area contributed by atoms with Gasteiger partial charge in [-0.1, -0.05) is 18.2 Å². The molecule has 0 bridgehead atoms. The predicted octanol–water partition coefficient (Wildman–Crippen LogP) is 4.15. The van der Waals surface area contributed by atoms with Crippen LogP contribution in [-0.4, -0.2) is 27.8 Å². The van der Waals surface area contributed by atoms with Crippen LogP contribution < -0.4 is 15.8 Å². The highest BCUT2D eigenvalue weighted by Gasteiger charge is 2.10. The van der Waals surface area contributed by atoms with E-state index in [4.69, 9.17) is 10.5 Å². The molecule has 0 atom stereocenters. The number of aryl methyl sites for hydroxylation is 1. The molecule has 1 aromatic heterocycles. The molecule has 150 valence electrons. The second kappa shape index (κ2) is 9.38. The number of benzene rings is 2. The van der Waals surface area contributed by atoms with E-state index >= 15 is 0 Å². The Morgan fingerprint density at radius 2 is 1.93 bits per heavy atom. The first kappa shape index (κ1) is 20.6. The third kappa shape index (κ3) is 5.45. The normalized spacial score (nSPS) is 10.6. The Bertz CT molecular complexity index is 1030. The molecule has 1 heterocycles. The summed E-state index contributed by atoms with van der Waals surface area (Å²) in [6.45, 7) is 3.56. The van der Waals surface area contributed by atoms with Crippen molar-refractivity contribution in [3.8, 4) is 5.75 Å². The van der Waals surface area contributed by atoms with Gasteiger partial charge in [-0.3, -0.25) is 4.79 Å². The Hall–Kier alpha value is -3.13. The van der Waals surface area contributed by atoms with Gasteiger partial charge in [-0.2, -0.15) is 15.0 Å².